The van der Waals surface area contributed by atoms with Crippen molar-refractivity contribution in [1.82, 2.24) is 5.32 Å². The lowest BCUT2D eigenvalue weighted by molar-refractivity contribution is 0.0927. The van der Waals surface area contributed by atoms with Gasteiger partial charge in [-0.3, -0.25) is 9.59 Å². The maximum atomic E-state index is 12.9. The Bertz CT molecular complexity index is 890. The summed E-state index contributed by atoms with van der Waals surface area (Å²) in [7, 11) is 0. The van der Waals surface area contributed by atoms with E-state index in [0.29, 0.717) is 35.1 Å². The topological polar surface area (TPSA) is 67.4 Å². The maximum absolute atomic E-state index is 12.9. The molecule has 2 amide bonds. The molecule has 2 aromatic rings. The highest BCUT2D eigenvalue weighted by atomic mass is 79.9. The highest BCUT2D eigenvalue weighted by molar-refractivity contribution is 9.10. The molecule has 0 aliphatic heterocycles. The van der Waals surface area contributed by atoms with Gasteiger partial charge >= 0.3 is 0 Å². The first-order valence-electron chi connectivity index (χ1n) is 11.1. The van der Waals surface area contributed by atoms with Crippen LogP contribution in [-0.2, 0) is 0 Å². The maximum Gasteiger partial charge on any atom is 0.259 e. The Morgan fingerprint density at radius 1 is 1.03 bits per heavy atom. The van der Waals surface area contributed by atoms with Crippen LogP contribution in [0.25, 0.3) is 0 Å². The second-order valence-corrected chi connectivity index (χ2v) is 9.43. The fourth-order valence-electron chi connectivity index (χ4n) is 3.63. The third kappa shape index (κ3) is 7.10. The van der Waals surface area contributed by atoms with E-state index >= 15 is 0 Å². The molecule has 0 radical (unpaired) electrons. The number of hydrogen-bond acceptors (Lipinski definition) is 3. The van der Waals surface area contributed by atoms with Gasteiger partial charge < -0.3 is 15.4 Å². The van der Waals surface area contributed by atoms with Gasteiger partial charge in [0.2, 0.25) is 0 Å². The lowest BCUT2D eigenvalue weighted by Crippen LogP contribution is -2.36. The molecule has 0 spiro atoms. The largest absolute Gasteiger partial charge is 0.493 e. The summed E-state index contributed by atoms with van der Waals surface area (Å²) in [6.45, 7) is 4.83. The first kappa shape index (κ1) is 23.3. The second-order valence-electron chi connectivity index (χ2n) is 8.51. The smallest absolute Gasteiger partial charge is 0.259 e. The predicted octanol–water partition coefficient (Wildman–Crippen LogP) is 6.19. The number of hydrogen-bond donors (Lipinski definition) is 2. The third-order valence-electron chi connectivity index (χ3n) is 5.48. The van der Waals surface area contributed by atoms with Crippen molar-refractivity contribution < 1.29 is 14.3 Å². The van der Waals surface area contributed by atoms with Gasteiger partial charge in [-0.1, -0.05) is 49.0 Å². The van der Waals surface area contributed by atoms with Crippen LogP contribution in [0.4, 0.5) is 5.69 Å². The first-order valence-corrected chi connectivity index (χ1v) is 11.9. The van der Waals surface area contributed by atoms with E-state index in [-0.39, 0.29) is 17.9 Å². The fourth-order valence-corrected chi connectivity index (χ4v) is 3.99. The Labute approximate surface area is 193 Å². The summed E-state index contributed by atoms with van der Waals surface area (Å²) in [5.41, 5.74) is 1.70. The van der Waals surface area contributed by atoms with Gasteiger partial charge in [-0.05, 0) is 67.6 Å². The molecule has 0 heterocycles. The SMILES string of the molecule is CC(C)CCOc1ccc(Br)cc1C(=O)Nc1ccc(C(=O)NC2CCCCC2)cc1. The Kier molecular flexibility index (Phi) is 8.52. The Hall–Kier alpha value is -2.34. The summed E-state index contributed by atoms with van der Waals surface area (Å²) < 4.78 is 6.66. The van der Waals surface area contributed by atoms with Crippen LogP contribution in [0.1, 0.15) is 73.1 Å². The molecule has 3 rings (SSSR count). The van der Waals surface area contributed by atoms with Crippen molar-refractivity contribution in [2.45, 2.75) is 58.4 Å². The average Bonchev–Trinajstić information content (AvgIpc) is 2.75. The van der Waals surface area contributed by atoms with Gasteiger partial charge in [-0.25, -0.2) is 0 Å². The van der Waals surface area contributed by atoms with Crippen molar-refractivity contribution in [2.24, 2.45) is 5.92 Å². The van der Waals surface area contributed by atoms with Crippen molar-refractivity contribution in [1.29, 1.82) is 0 Å². The van der Waals surface area contributed by atoms with E-state index in [1.807, 2.05) is 6.07 Å². The first-order chi connectivity index (χ1) is 14.9. The molecule has 0 bridgehead atoms. The van der Waals surface area contributed by atoms with Gasteiger partial charge in [-0.2, -0.15) is 0 Å². The quantitative estimate of drug-likeness (QED) is 0.467. The van der Waals surface area contributed by atoms with Gasteiger partial charge in [0.1, 0.15) is 5.75 Å². The van der Waals surface area contributed by atoms with Crippen molar-refractivity contribution in [3.05, 3.63) is 58.1 Å². The number of anilines is 1. The summed E-state index contributed by atoms with van der Waals surface area (Å²) in [5, 5.41) is 6.02. The average molecular weight is 487 g/mol. The van der Waals surface area contributed by atoms with Gasteiger partial charge in [0.25, 0.3) is 11.8 Å². The minimum atomic E-state index is -0.250. The van der Waals surface area contributed by atoms with Gasteiger partial charge in [0.05, 0.1) is 12.2 Å². The molecule has 1 aliphatic carbocycles. The third-order valence-corrected chi connectivity index (χ3v) is 5.98. The summed E-state index contributed by atoms with van der Waals surface area (Å²) >= 11 is 3.43. The number of halogens is 1. The Morgan fingerprint density at radius 2 is 1.74 bits per heavy atom. The zero-order valence-electron chi connectivity index (χ0n) is 18.2. The van der Waals surface area contributed by atoms with Gasteiger partial charge in [0.15, 0.2) is 0 Å². The standard InChI is InChI=1S/C25H31BrN2O3/c1-17(2)14-15-31-23-13-10-19(26)16-22(23)25(30)28-21-11-8-18(9-12-21)24(29)27-20-6-4-3-5-7-20/h8-13,16-17,20H,3-7,14-15H2,1-2H3,(H,27,29)(H,28,30). The van der Waals surface area contributed by atoms with E-state index in [2.05, 4.69) is 40.4 Å². The van der Waals surface area contributed by atoms with E-state index in [0.717, 1.165) is 23.7 Å². The normalized spacial score (nSPS) is 14.3. The number of carbonyl (C=O) groups excluding carboxylic acids is 2. The molecule has 6 heteroatoms. The van der Waals surface area contributed by atoms with Crippen LogP contribution in [0.5, 0.6) is 5.75 Å². The zero-order valence-corrected chi connectivity index (χ0v) is 19.8. The minimum Gasteiger partial charge on any atom is -0.493 e. The molecular weight excluding hydrogens is 456 g/mol. The van der Waals surface area contributed by atoms with Crippen LogP contribution in [0.3, 0.4) is 0 Å². The highest BCUT2D eigenvalue weighted by Crippen LogP contribution is 2.25. The number of nitrogens with one attached hydrogen (secondary N) is 2. The monoisotopic (exact) mass is 486 g/mol. The van der Waals surface area contributed by atoms with Crippen LogP contribution in [0.15, 0.2) is 46.9 Å². The summed E-state index contributed by atoms with van der Waals surface area (Å²) in [5.74, 6) is 0.782. The molecule has 2 aromatic carbocycles. The van der Waals surface area contributed by atoms with Crippen molar-refractivity contribution in [2.75, 3.05) is 11.9 Å². The molecule has 166 valence electrons. The lowest BCUT2D eigenvalue weighted by Gasteiger charge is -2.22. The number of benzene rings is 2. The second kappa shape index (κ2) is 11.3. The highest BCUT2D eigenvalue weighted by Gasteiger charge is 2.17. The summed E-state index contributed by atoms with van der Waals surface area (Å²) in [4.78, 5) is 25.4. The predicted molar refractivity (Wildman–Crippen MR) is 128 cm³/mol. The van der Waals surface area contributed by atoms with E-state index in [9.17, 15) is 9.59 Å². The minimum absolute atomic E-state index is 0.0578. The van der Waals surface area contributed by atoms with Crippen LogP contribution >= 0.6 is 15.9 Å². The van der Waals surface area contributed by atoms with Crippen LogP contribution in [0, 0.1) is 5.92 Å². The molecule has 31 heavy (non-hydrogen) atoms. The van der Waals surface area contributed by atoms with E-state index in [4.69, 9.17) is 4.74 Å². The van der Waals surface area contributed by atoms with Crippen LogP contribution in [-0.4, -0.2) is 24.5 Å². The van der Waals surface area contributed by atoms with Crippen molar-refractivity contribution in [3.8, 4) is 5.75 Å². The van der Waals surface area contributed by atoms with Crippen molar-refractivity contribution in [3.63, 3.8) is 0 Å². The number of rotatable bonds is 8. The summed E-state index contributed by atoms with van der Waals surface area (Å²) in [6.07, 6.45) is 6.62. The molecular formula is C25H31BrN2O3. The number of amides is 2. The van der Waals surface area contributed by atoms with E-state index in [1.54, 1.807) is 36.4 Å². The number of ether oxygens (including phenoxy) is 1. The number of carbonyl (C=O) groups is 2. The van der Waals surface area contributed by atoms with Crippen molar-refractivity contribution >= 4 is 33.4 Å². The van der Waals surface area contributed by atoms with Crippen LogP contribution in [0.2, 0.25) is 0 Å². The molecule has 1 fully saturated rings. The van der Waals surface area contributed by atoms with E-state index in [1.165, 1.54) is 19.3 Å². The molecule has 0 unspecified atom stereocenters. The molecule has 0 atom stereocenters. The summed E-state index contributed by atoms with van der Waals surface area (Å²) in [6, 6.07) is 12.7. The zero-order chi connectivity index (χ0) is 22.2. The molecule has 0 saturated heterocycles. The van der Waals surface area contributed by atoms with E-state index < -0.39 is 0 Å². The lowest BCUT2D eigenvalue weighted by atomic mass is 9.95. The van der Waals surface area contributed by atoms with Gasteiger partial charge in [0, 0.05) is 21.8 Å². The Balaban J connectivity index is 1.62. The molecule has 0 aromatic heterocycles. The fraction of sp³-hybridized carbons (Fsp3) is 0.440. The van der Waals surface area contributed by atoms with Gasteiger partial charge in [-0.15, -0.1) is 0 Å². The molecule has 1 aliphatic rings. The molecule has 2 N–H and O–H groups in total. The molecule has 5 nitrogen and oxygen atoms in total. The Morgan fingerprint density at radius 3 is 2.42 bits per heavy atom. The van der Waals surface area contributed by atoms with Crippen LogP contribution < -0.4 is 15.4 Å². The molecule has 1 saturated carbocycles.